The molecule has 188 valence electrons. The average Bonchev–Trinajstić information content (AvgIpc) is 3.45. The van der Waals surface area contributed by atoms with E-state index in [1.165, 1.54) is 0 Å². The number of hydrogen-bond donors (Lipinski definition) is 1. The number of carbonyl (C=O) groups excluding carboxylic acids is 1. The van der Waals surface area contributed by atoms with Gasteiger partial charge in [-0.05, 0) is 53.8 Å². The van der Waals surface area contributed by atoms with Gasteiger partial charge in [0, 0.05) is 5.56 Å². The third-order valence-electron chi connectivity index (χ3n) is 6.99. The molecule has 1 fully saturated rings. The number of hydrogen-bond acceptors (Lipinski definition) is 4. The lowest BCUT2D eigenvalue weighted by Crippen LogP contribution is -2.31. The van der Waals surface area contributed by atoms with Crippen molar-refractivity contribution < 1.29 is 9.53 Å². The number of ether oxygens (including phenoxy) is 1. The minimum absolute atomic E-state index is 0.0129. The number of nitrogens with one attached hydrogen (secondary N) is 1. The molecule has 0 spiro atoms. The minimum Gasteiger partial charge on any atom is -0.368 e. The summed E-state index contributed by atoms with van der Waals surface area (Å²) in [6, 6.07) is 34.6. The van der Waals surface area contributed by atoms with Gasteiger partial charge < -0.3 is 4.74 Å². The maximum Gasteiger partial charge on any atom is 0.262 e. The monoisotopic (exact) mass is 501 g/mol. The van der Waals surface area contributed by atoms with Crippen LogP contribution in [0.3, 0.4) is 0 Å². The lowest BCUT2D eigenvalue weighted by molar-refractivity contribution is 0.0347. The van der Waals surface area contributed by atoms with Gasteiger partial charge in [-0.25, -0.2) is 4.98 Å². The number of anilines is 1. The van der Waals surface area contributed by atoms with Crippen LogP contribution >= 0.6 is 0 Å². The summed E-state index contributed by atoms with van der Waals surface area (Å²) in [7, 11) is 0. The Morgan fingerprint density at radius 1 is 0.842 bits per heavy atom. The highest BCUT2D eigenvalue weighted by atomic mass is 16.5. The molecule has 1 saturated heterocycles. The largest absolute Gasteiger partial charge is 0.368 e. The van der Waals surface area contributed by atoms with Crippen molar-refractivity contribution in [3.63, 3.8) is 0 Å². The summed E-state index contributed by atoms with van der Waals surface area (Å²) in [5.41, 5.74) is 3.93. The van der Waals surface area contributed by atoms with Gasteiger partial charge in [0.1, 0.15) is 0 Å². The summed E-state index contributed by atoms with van der Waals surface area (Å²) < 4.78 is 7.88. The van der Waals surface area contributed by atoms with Crippen molar-refractivity contribution in [1.82, 2.24) is 9.55 Å². The normalized spacial score (nSPS) is 16.9. The molecule has 5 aromatic rings. The van der Waals surface area contributed by atoms with Crippen LogP contribution in [0, 0.1) is 0 Å². The zero-order chi connectivity index (χ0) is 25.9. The number of rotatable bonds is 6. The third kappa shape index (κ3) is 4.86. The van der Waals surface area contributed by atoms with Gasteiger partial charge in [0.15, 0.2) is 0 Å². The van der Waals surface area contributed by atoms with Crippen molar-refractivity contribution in [2.75, 3.05) is 5.32 Å². The highest BCUT2D eigenvalue weighted by molar-refractivity contribution is 6.03. The molecule has 6 rings (SSSR count). The second-order valence-electron chi connectivity index (χ2n) is 9.50. The topological polar surface area (TPSA) is 73.2 Å². The molecule has 1 aliphatic rings. The molecule has 0 aliphatic carbocycles. The first-order valence-electron chi connectivity index (χ1n) is 12.8. The molecule has 4 aromatic carbocycles. The summed E-state index contributed by atoms with van der Waals surface area (Å²) in [6.45, 7) is 0.302. The van der Waals surface area contributed by atoms with E-state index >= 15 is 0 Å². The molecule has 6 nitrogen and oxygen atoms in total. The van der Waals surface area contributed by atoms with Crippen LogP contribution in [0.4, 0.5) is 5.95 Å². The molecule has 2 heterocycles. The molecule has 1 aromatic heterocycles. The van der Waals surface area contributed by atoms with Crippen LogP contribution in [0.2, 0.25) is 0 Å². The molecule has 0 saturated carbocycles. The number of aromatic nitrogens is 2. The Hall–Kier alpha value is -4.55. The van der Waals surface area contributed by atoms with E-state index in [0.29, 0.717) is 23.0 Å². The summed E-state index contributed by atoms with van der Waals surface area (Å²) in [4.78, 5) is 31.6. The van der Waals surface area contributed by atoms with Gasteiger partial charge in [0.25, 0.3) is 11.5 Å². The quantitative estimate of drug-likeness (QED) is 0.299. The first kappa shape index (κ1) is 23.8. The van der Waals surface area contributed by atoms with Crippen molar-refractivity contribution in [1.29, 1.82) is 0 Å². The molecule has 0 unspecified atom stereocenters. The average molecular weight is 502 g/mol. The summed E-state index contributed by atoms with van der Waals surface area (Å²) in [5, 5.41) is 3.39. The number of fused-ring (bicyclic) bond motifs is 1. The van der Waals surface area contributed by atoms with Crippen LogP contribution in [0.15, 0.2) is 114 Å². The molecule has 38 heavy (non-hydrogen) atoms. The zero-order valence-electron chi connectivity index (χ0n) is 20.8. The van der Waals surface area contributed by atoms with Crippen molar-refractivity contribution in [3.8, 4) is 11.1 Å². The number of amides is 1. The van der Waals surface area contributed by atoms with Crippen molar-refractivity contribution in [3.05, 3.63) is 131 Å². The third-order valence-corrected chi connectivity index (χ3v) is 6.99. The first-order chi connectivity index (χ1) is 18.7. The second-order valence-corrected chi connectivity index (χ2v) is 9.50. The Kier molecular flexibility index (Phi) is 6.54. The van der Waals surface area contributed by atoms with Gasteiger partial charge in [-0.15, -0.1) is 0 Å². The molecule has 1 N–H and O–H groups in total. The van der Waals surface area contributed by atoms with E-state index in [1.807, 2.05) is 72.8 Å². The minimum atomic E-state index is -0.320. The maximum atomic E-state index is 13.8. The number of nitrogens with zero attached hydrogens (tertiary/aromatic N) is 2. The van der Waals surface area contributed by atoms with E-state index in [1.54, 1.807) is 28.8 Å². The Labute approximate surface area is 220 Å². The second kappa shape index (κ2) is 10.4. The fourth-order valence-electron chi connectivity index (χ4n) is 5.02. The van der Waals surface area contributed by atoms with Crippen LogP contribution < -0.4 is 10.9 Å². The van der Waals surface area contributed by atoms with Gasteiger partial charge >= 0.3 is 0 Å². The highest BCUT2D eigenvalue weighted by Gasteiger charge is 2.28. The van der Waals surface area contributed by atoms with E-state index in [4.69, 9.17) is 9.72 Å². The van der Waals surface area contributed by atoms with Crippen LogP contribution in [-0.4, -0.2) is 21.6 Å². The van der Waals surface area contributed by atoms with Crippen molar-refractivity contribution in [2.24, 2.45) is 0 Å². The fourth-order valence-corrected chi connectivity index (χ4v) is 5.02. The molecule has 0 radical (unpaired) electrons. The zero-order valence-corrected chi connectivity index (χ0v) is 20.8. The molecule has 2 atom stereocenters. The summed E-state index contributed by atoms with van der Waals surface area (Å²) in [6.07, 6.45) is 1.49. The predicted octanol–water partition coefficient (Wildman–Crippen LogP) is 6.24. The Morgan fingerprint density at radius 3 is 2.26 bits per heavy atom. The van der Waals surface area contributed by atoms with Crippen molar-refractivity contribution in [2.45, 2.75) is 31.6 Å². The van der Waals surface area contributed by atoms with E-state index in [0.717, 1.165) is 29.5 Å². The van der Waals surface area contributed by atoms with Crippen LogP contribution in [-0.2, 0) is 11.3 Å². The lowest BCUT2D eigenvalue weighted by atomic mass is 10.0. The number of carbonyl (C=O) groups is 1. The van der Waals surface area contributed by atoms with Gasteiger partial charge in [-0.3, -0.25) is 19.5 Å². The standard InChI is InChI=1S/C32H27N3O3/c36-30(24-14-8-3-9-15-24)34-32-33-28-20-25(22-10-4-1-5-11-22)16-18-27(28)31(37)35(32)21-26-17-19-29(38-26)23-12-6-2-7-13-23/h1-16,18,20,26,29H,17,19,21H2,(H,33,34,36)/t26-,29-/m0/s1. The van der Waals surface area contributed by atoms with Crippen LogP contribution in [0.25, 0.3) is 22.0 Å². The van der Waals surface area contributed by atoms with Crippen LogP contribution in [0.1, 0.15) is 34.9 Å². The molecular formula is C32H27N3O3. The van der Waals surface area contributed by atoms with Crippen LogP contribution in [0.5, 0.6) is 0 Å². The van der Waals surface area contributed by atoms with Crippen molar-refractivity contribution >= 4 is 22.8 Å². The van der Waals surface area contributed by atoms with Gasteiger partial charge in [0.2, 0.25) is 5.95 Å². The SMILES string of the molecule is O=C(Nc1nc2cc(-c3ccccc3)ccc2c(=O)n1C[C@@H]1CC[C@@H](c2ccccc2)O1)c1ccccc1. The van der Waals surface area contributed by atoms with E-state index in [9.17, 15) is 9.59 Å². The van der Waals surface area contributed by atoms with E-state index in [-0.39, 0.29) is 29.6 Å². The molecule has 0 bridgehead atoms. The molecule has 6 heteroatoms. The Balaban J connectivity index is 1.37. The Morgan fingerprint density at radius 2 is 1.53 bits per heavy atom. The van der Waals surface area contributed by atoms with E-state index in [2.05, 4.69) is 17.4 Å². The molecule has 1 amide bonds. The lowest BCUT2D eigenvalue weighted by Gasteiger charge is -2.19. The first-order valence-corrected chi connectivity index (χ1v) is 12.8. The Bertz CT molecular complexity index is 1630. The summed E-state index contributed by atoms with van der Waals surface area (Å²) in [5.74, 6) is -0.104. The summed E-state index contributed by atoms with van der Waals surface area (Å²) >= 11 is 0. The molecular weight excluding hydrogens is 474 g/mol. The highest BCUT2D eigenvalue weighted by Crippen LogP contribution is 2.33. The predicted molar refractivity (Wildman–Crippen MR) is 149 cm³/mol. The van der Waals surface area contributed by atoms with Gasteiger partial charge in [-0.1, -0.05) is 84.9 Å². The van der Waals surface area contributed by atoms with Gasteiger partial charge in [-0.2, -0.15) is 0 Å². The van der Waals surface area contributed by atoms with E-state index < -0.39 is 0 Å². The fraction of sp³-hybridized carbons (Fsp3) is 0.156. The maximum absolute atomic E-state index is 13.8. The smallest absolute Gasteiger partial charge is 0.262 e. The van der Waals surface area contributed by atoms with Gasteiger partial charge in [0.05, 0.1) is 29.7 Å². The molecule has 1 aliphatic heterocycles. The number of benzene rings is 4.